The number of nitrogens with one attached hydrogen (secondary N) is 2. The first kappa shape index (κ1) is 35.4. The summed E-state index contributed by atoms with van der Waals surface area (Å²) >= 11 is 5.00. The quantitative estimate of drug-likeness (QED) is 0.163. The van der Waals surface area contributed by atoms with Crippen molar-refractivity contribution >= 4 is 29.4 Å². The van der Waals surface area contributed by atoms with Crippen LogP contribution >= 0.6 is 12.2 Å². The zero-order valence-corrected chi connectivity index (χ0v) is 26.8. The molecule has 2 amide bonds. The summed E-state index contributed by atoms with van der Waals surface area (Å²) in [7, 11) is 0. The van der Waals surface area contributed by atoms with Crippen molar-refractivity contribution in [1.29, 1.82) is 0 Å². The van der Waals surface area contributed by atoms with Gasteiger partial charge < -0.3 is 14.4 Å². The van der Waals surface area contributed by atoms with E-state index in [0.29, 0.717) is 31.3 Å². The molecule has 8 nitrogen and oxygen atoms in total. The van der Waals surface area contributed by atoms with Crippen LogP contribution in [-0.4, -0.2) is 54.4 Å². The average molecular weight is 607 g/mol. The molecule has 0 bridgehead atoms. The van der Waals surface area contributed by atoms with Gasteiger partial charge in [-0.3, -0.25) is 16.6 Å². The normalized spacial score (nSPS) is 13.3. The standard InChI is InChI=1S/C20H23N3O2.C10H11NO2S.2C2H6/c21-22-14-9-11-23(12-10-14)20(24)25-13-19-17-7-3-1-5-15(17)16-6-2-4-8-18(16)19;1-2-13-10(12)11-9(14)8-6-4-3-5-7-8;2*1-2/h1-8,14,19,22H,9-13,21H2;3-7H,2H2,1H3,(H,11,12,14);2*1-2H3. The maximum Gasteiger partial charge on any atom is 0.412 e. The first-order valence-corrected chi connectivity index (χ1v) is 15.5. The van der Waals surface area contributed by atoms with Crippen molar-refractivity contribution in [1.82, 2.24) is 15.6 Å². The fourth-order valence-corrected chi connectivity index (χ4v) is 5.06. The predicted molar refractivity (Wildman–Crippen MR) is 178 cm³/mol. The number of hydrazine groups is 1. The maximum absolute atomic E-state index is 12.4. The molecular weight excluding hydrogens is 560 g/mol. The number of carbonyl (C=O) groups excluding carboxylic acids is 2. The molecule has 1 saturated heterocycles. The summed E-state index contributed by atoms with van der Waals surface area (Å²) in [5.74, 6) is 5.58. The lowest BCUT2D eigenvalue weighted by atomic mass is 9.98. The topological polar surface area (TPSA) is 106 Å². The van der Waals surface area contributed by atoms with E-state index in [4.69, 9.17) is 27.5 Å². The lowest BCUT2D eigenvalue weighted by Crippen LogP contribution is -2.47. The molecule has 0 aromatic heterocycles. The summed E-state index contributed by atoms with van der Waals surface area (Å²) in [4.78, 5) is 25.6. The molecule has 43 heavy (non-hydrogen) atoms. The lowest BCUT2D eigenvalue weighted by Gasteiger charge is -2.31. The van der Waals surface area contributed by atoms with E-state index >= 15 is 0 Å². The molecule has 1 heterocycles. The Kier molecular flexibility index (Phi) is 16.0. The summed E-state index contributed by atoms with van der Waals surface area (Å²) in [5, 5.41) is 2.47. The van der Waals surface area contributed by atoms with Gasteiger partial charge in [0.1, 0.15) is 11.6 Å². The Morgan fingerprint density at radius 1 is 0.837 bits per heavy atom. The molecule has 3 aromatic carbocycles. The van der Waals surface area contributed by atoms with Crippen LogP contribution in [0.15, 0.2) is 78.9 Å². The smallest absolute Gasteiger partial charge is 0.412 e. The predicted octanol–water partition coefficient (Wildman–Crippen LogP) is 7.02. The number of rotatable bonds is 5. The number of hydrogen-bond donors (Lipinski definition) is 3. The number of hydrogen-bond acceptors (Lipinski definition) is 7. The Bertz CT molecular complexity index is 1230. The molecule has 0 atom stereocenters. The molecule has 1 aliphatic carbocycles. The van der Waals surface area contributed by atoms with Crippen molar-refractivity contribution in [2.45, 2.75) is 59.4 Å². The van der Waals surface area contributed by atoms with Gasteiger partial charge in [-0.15, -0.1) is 0 Å². The average Bonchev–Trinajstić information content (AvgIpc) is 3.40. The van der Waals surface area contributed by atoms with Gasteiger partial charge in [0.05, 0.1) is 6.61 Å². The van der Waals surface area contributed by atoms with Gasteiger partial charge in [-0.2, -0.15) is 0 Å². The SMILES string of the molecule is CC.CC.CCOC(=O)NC(=S)c1ccccc1.NNC1CCN(C(=O)OCC2c3ccccc3-c3ccccc32)CC1. The number of carbonyl (C=O) groups is 2. The molecule has 9 heteroatoms. The third-order valence-electron chi connectivity index (χ3n) is 6.85. The molecule has 0 unspecified atom stereocenters. The van der Waals surface area contributed by atoms with Gasteiger partial charge in [0.15, 0.2) is 0 Å². The minimum atomic E-state index is -0.513. The van der Waals surface area contributed by atoms with Crippen LogP contribution in [-0.2, 0) is 9.47 Å². The van der Waals surface area contributed by atoms with Crippen LogP contribution in [0, 0.1) is 0 Å². The second-order valence-corrected chi connectivity index (χ2v) is 9.68. The minimum absolute atomic E-state index is 0.111. The molecule has 232 valence electrons. The highest BCUT2D eigenvalue weighted by Crippen LogP contribution is 2.44. The molecule has 3 aromatic rings. The van der Waals surface area contributed by atoms with E-state index in [1.807, 2.05) is 70.2 Å². The highest BCUT2D eigenvalue weighted by atomic mass is 32.1. The van der Waals surface area contributed by atoms with Gasteiger partial charge in [0, 0.05) is 30.6 Å². The first-order valence-electron chi connectivity index (χ1n) is 15.1. The van der Waals surface area contributed by atoms with Gasteiger partial charge in [0.2, 0.25) is 0 Å². The molecule has 0 saturated carbocycles. The van der Waals surface area contributed by atoms with E-state index in [1.165, 1.54) is 22.3 Å². The van der Waals surface area contributed by atoms with Crippen LogP contribution in [0.3, 0.4) is 0 Å². The van der Waals surface area contributed by atoms with E-state index in [2.05, 4.69) is 47.1 Å². The van der Waals surface area contributed by atoms with Gasteiger partial charge in [-0.05, 0) is 42.0 Å². The van der Waals surface area contributed by atoms with Crippen LogP contribution in [0.1, 0.15) is 70.1 Å². The first-order chi connectivity index (χ1) is 21.0. The Morgan fingerprint density at radius 2 is 1.35 bits per heavy atom. The number of thiocarbonyl (C=S) groups is 1. The van der Waals surface area contributed by atoms with Crippen LogP contribution in [0.5, 0.6) is 0 Å². The number of piperidine rings is 1. The molecule has 1 aliphatic heterocycles. The number of benzene rings is 3. The Hall–Kier alpha value is -3.79. The van der Waals surface area contributed by atoms with Crippen LogP contribution in [0.4, 0.5) is 9.59 Å². The number of ether oxygens (including phenoxy) is 2. The van der Waals surface area contributed by atoms with E-state index in [9.17, 15) is 9.59 Å². The van der Waals surface area contributed by atoms with Crippen LogP contribution in [0.25, 0.3) is 11.1 Å². The number of alkyl carbamates (subject to hydrolysis) is 1. The number of fused-ring (bicyclic) bond motifs is 3. The van der Waals surface area contributed by atoms with Gasteiger partial charge in [0.25, 0.3) is 0 Å². The van der Waals surface area contributed by atoms with Crippen molar-refractivity contribution in [3.05, 3.63) is 95.6 Å². The maximum atomic E-state index is 12.4. The highest BCUT2D eigenvalue weighted by Gasteiger charge is 2.30. The lowest BCUT2D eigenvalue weighted by molar-refractivity contribution is 0.0886. The largest absolute Gasteiger partial charge is 0.450 e. The summed E-state index contributed by atoms with van der Waals surface area (Å²) in [6.45, 7) is 11.8. The molecule has 2 aliphatic rings. The summed E-state index contributed by atoms with van der Waals surface area (Å²) in [6, 6.07) is 26.3. The highest BCUT2D eigenvalue weighted by molar-refractivity contribution is 7.80. The van der Waals surface area contributed by atoms with E-state index in [0.717, 1.165) is 18.4 Å². The van der Waals surface area contributed by atoms with Crippen molar-refractivity contribution < 1.29 is 19.1 Å². The molecule has 0 radical (unpaired) electrons. The number of amides is 2. The Balaban J connectivity index is 0.000000306. The summed E-state index contributed by atoms with van der Waals surface area (Å²) < 4.78 is 10.4. The monoisotopic (exact) mass is 606 g/mol. The molecule has 5 rings (SSSR count). The van der Waals surface area contributed by atoms with Crippen LogP contribution < -0.4 is 16.6 Å². The van der Waals surface area contributed by atoms with Gasteiger partial charge in [-0.25, -0.2) is 9.59 Å². The molecule has 0 spiro atoms. The summed E-state index contributed by atoms with van der Waals surface area (Å²) in [5.41, 5.74) is 8.55. The summed E-state index contributed by atoms with van der Waals surface area (Å²) in [6.07, 6.45) is 0.986. The van der Waals surface area contributed by atoms with Crippen molar-refractivity contribution in [3.8, 4) is 11.1 Å². The second-order valence-electron chi connectivity index (χ2n) is 9.27. The van der Waals surface area contributed by atoms with Crippen molar-refractivity contribution in [2.75, 3.05) is 26.3 Å². The van der Waals surface area contributed by atoms with Crippen LogP contribution in [0.2, 0.25) is 0 Å². The van der Waals surface area contributed by atoms with Gasteiger partial charge >= 0.3 is 12.2 Å². The number of likely N-dealkylation sites (tertiary alicyclic amines) is 1. The third-order valence-corrected chi connectivity index (χ3v) is 7.19. The molecule has 4 N–H and O–H groups in total. The fraction of sp³-hybridized carbons (Fsp3) is 0.382. The van der Waals surface area contributed by atoms with E-state index in [1.54, 1.807) is 11.8 Å². The van der Waals surface area contributed by atoms with Gasteiger partial charge in [-0.1, -0.05) is 119 Å². The number of nitrogens with two attached hydrogens (primary N) is 1. The van der Waals surface area contributed by atoms with E-state index < -0.39 is 6.09 Å². The van der Waals surface area contributed by atoms with Crippen molar-refractivity contribution in [3.63, 3.8) is 0 Å². The molecule has 1 fully saturated rings. The minimum Gasteiger partial charge on any atom is -0.450 e. The molecular formula is C34H46N4O4S. The number of nitrogens with zero attached hydrogens (tertiary/aromatic N) is 1. The van der Waals surface area contributed by atoms with Crippen molar-refractivity contribution in [2.24, 2.45) is 5.84 Å². The Labute approximate surface area is 261 Å². The fourth-order valence-electron chi connectivity index (χ4n) is 4.84. The zero-order valence-electron chi connectivity index (χ0n) is 26.0. The second kappa shape index (κ2) is 19.4. The Morgan fingerprint density at radius 3 is 1.86 bits per heavy atom. The third kappa shape index (κ3) is 10.2. The zero-order chi connectivity index (χ0) is 31.6. The van der Waals surface area contributed by atoms with E-state index in [-0.39, 0.29) is 18.1 Å².